The molecule has 0 aliphatic carbocycles. The van der Waals surface area contributed by atoms with Crippen LogP contribution in [0.25, 0.3) is 6.08 Å². The molecule has 122 valence electrons. The largest absolute Gasteiger partial charge is 0.493 e. The van der Waals surface area contributed by atoms with E-state index in [4.69, 9.17) is 14.2 Å². The van der Waals surface area contributed by atoms with Crippen LogP contribution in [0.3, 0.4) is 0 Å². The average molecular weight is 388 g/mol. The van der Waals surface area contributed by atoms with E-state index < -0.39 is 5.97 Å². The van der Waals surface area contributed by atoms with Gasteiger partial charge in [0.05, 0.1) is 14.2 Å². The van der Waals surface area contributed by atoms with Crippen molar-refractivity contribution in [2.75, 3.05) is 14.2 Å². The molecule has 0 radical (unpaired) electrons. The first-order valence-electron chi connectivity index (χ1n) is 7.11. The Morgan fingerprint density at radius 3 is 2.42 bits per heavy atom. The van der Waals surface area contributed by atoms with Gasteiger partial charge in [-0.15, -0.1) is 0 Å². The summed E-state index contributed by atoms with van der Waals surface area (Å²) in [7, 11) is 3.10. The molecule has 2 aromatic rings. The fourth-order valence-corrected chi connectivity index (χ4v) is 2.48. The molecule has 3 rings (SSSR count). The summed E-state index contributed by atoms with van der Waals surface area (Å²) in [5.74, 6) is 0.892. The standard InChI is InChI=1S/C18H14BrNO4/c1-22-15-8-5-12(10-16(15)23-2)17-20-14(18(21)24-17)9-11-3-6-13(19)7-4-11/h3-10H,1-2H3/b14-9+. The van der Waals surface area contributed by atoms with E-state index in [-0.39, 0.29) is 11.6 Å². The molecule has 1 aliphatic heterocycles. The average Bonchev–Trinajstić information content (AvgIpc) is 2.97. The van der Waals surface area contributed by atoms with Crippen molar-refractivity contribution in [2.24, 2.45) is 4.99 Å². The first-order chi connectivity index (χ1) is 11.6. The second kappa shape index (κ2) is 6.88. The predicted octanol–water partition coefficient (Wildman–Crippen LogP) is 3.81. The van der Waals surface area contributed by atoms with Crippen LogP contribution in [-0.2, 0) is 9.53 Å². The van der Waals surface area contributed by atoms with Gasteiger partial charge in [-0.1, -0.05) is 28.1 Å². The predicted molar refractivity (Wildman–Crippen MR) is 94.3 cm³/mol. The molecule has 0 amide bonds. The van der Waals surface area contributed by atoms with E-state index in [9.17, 15) is 4.79 Å². The molecule has 1 aliphatic rings. The fraction of sp³-hybridized carbons (Fsp3) is 0.111. The van der Waals surface area contributed by atoms with Crippen molar-refractivity contribution in [2.45, 2.75) is 0 Å². The van der Waals surface area contributed by atoms with Gasteiger partial charge >= 0.3 is 5.97 Å². The third-order valence-corrected chi connectivity index (χ3v) is 3.95. The maximum Gasteiger partial charge on any atom is 0.363 e. The zero-order valence-electron chi connectivity index (χ0n) is 13.1. The lowest BCUT2D eigenvalue weighted by Gasteiger charge is -2.08. The van der Waals surface area contributed by atoms with Crippen molar-refractivity contribution >= 4 is 33.9 Å². The van der Waals surface area contributed by atoms with Crippen LogP contribution >= 0.6 is 15.9 Å². The molecular formula is C18H14BrNO4. The van der Waals surface area contributed by atoms with E-state index in [1.807, 2.05) is 24.3 Å². The molecule has 0 atom stereocenters. The van der Waals surface area contributed by atoms with Gasteiger partial charge in [0.15, 0.2) is 17.2 Å². The molecular weight excluding hydrogens is 374 g/mol. The van der Waals surface area contributed by atoms with Crippen molar-refractivity contribution in [1.29, 1.82) is 0 Å². The number of halogens is 1. The number of rotatable bonds is 4. The zero-order valence-corrected chi connectivity index (χ0v) is 14.7. The maximum absolute atomic E-state index is 12.0. The number of hydrogen-bond donors (Lipinski definition) is 0. The third-order valence-electron chi connectivity index (χ3n) is 3.42. The van der Waals surface area contributed by atoms with Crippen LogP contribution < -0.4 is 9.47 Å². The van der Waals surface area contributed by atoms with Crippen LogP contribution in [0.15, 0.2) is 57.6 Å². The lowest BCUT2D eigenvalue weighted by atomic mass is 10.2. The molecule has 0 unspecified atom stereocenters. The Kier molecular flexibility index (Phi) is 4.66. The van der Waals surface area contributed by atoms with Crippen molar-refractivity contribution in [3.05, 3.63) is 63.8 Å². The molecule has 1 heterocycles. The minimum atomic E-state index is -0.484. The van der Waals surface area contributed by atoms with Gasteiger partial charge < -0.3 is 14.2 Å². The Hall–Kier alpha value is -2.60. The summed E-state index contributed by atoms with van der Waals surface area (Å²) in [5.41, 5.74) is 1.75. The lowest BCUT2D eigenvalue weighted by Crippen LogP contribution is -2.05. The molecule has 24 heavy (non-hydrogen) atoms. The lowest BCUT2D eigenvalue weighted by molar-refractivity contribution is -0.129. The van der Waals surface area contributed by atoms with Gasteiger partial charge in [0.25, 0.3) is 0 Å². The summed E-state index contributed by atoms with van der Waals surface area (Å²) in [4.78, 5) is 16.3. The molecule has 0 N–H and O–H groups in total. The van der Waals surface area contributed by atoms with E-state index in [1.54, 1.807) is 38.5 Å². The Morgan fingerprint density at radius 2 is 1.75 bits per heavy atom. The Balaban J connectivity index is 1.93. The second-order valence-corrected chi connectivity index (χ2v) is 5.87. The number of benzene rings is 2. The van der Waals surface area contributed by atoms with Gasteiger partial charge in [-0.05, 0) is 42.0 Å². The first kappa shape index (κ1) is 16.3. The topological polar surface area (TPSA) is 57.1 Å². The van der Waals surface area contributed by atoms with Crippen molar-refractivity contribution < 1.29 is 19.0 Å². The number of hydrogen-bond acceptors (Lipinski definition) is 5. The van der Waals surface area contributed by atoms with Crippen LogP contribution in [0.1, 0.15) is 11.1 Å². The van der Waals surface area contributed by atoms with Gasteiger partial charge in [0, 0.05) is 10.0 Å². The Bertz CT molecular complexity index is 841. The summed E-state index contributed by atoms with van der Waals surface area (Å²) >= 11 is 3.37. The number of esters is 1. The van der Waals surface area contributed by atoms with E-state index in [0.29, 0.717) is 17.1 Å². The second-order valence-electron chi connectivity index (χ2n) is 4.96. The molecule has 0 spiro atoms. The zero-order chi connectivity index (χ0) is 17.1. The molecule has 5 nitrogen and oxygen atoms in total. The van der Waals surface area contributed by atoms with E-state index in [1.165, 1.54) is 0 Å². The first-order valence-corrected chi connectivity index (χ1v) is 7.90. The normalized spacial score (nSPS) is 15.2. The van der Waals surface area contributed by atoms with E-state index in [0.717, 1.165) is 10.0 Å². The number of carbonyl (C=O) groups is 1. The number of methoxy groups -OCH3 is 2. The molecule has 0 saturated heterocycles. The van der Waals surface area contributed by atoms with Gasteiger partial charge in [-0.25, -0.2) is 9.79 Å². The number of carbonyl (C=O) groups excluding carboxylic acids is 1. The summed E-state index contributed by atoms with van der Waals surface area (Å²) in [6, 6.07) is 12.8. The third kappa shape index (κ3) is 3.33. The highest BCUT2D eigenvalue weighted by atomic mass is 79.9. The quantitative estimate of drug-likeness (QED) is 0.591. The molecule has 6 heteroatoms. The smallest absolute Gasteiger partial charge is 0.363 e. The highest BCUT2D eigenvalue weighted by Gasteiger charge is 2.25. The Labute approximate surface area is 147 Å². The Morgan fingerprint density at radius 1 is 1.04 bits per heavy atom. The van der Waals surface area contributed by atoms with Gasteiger partial charge in [-0.3, -0.25) is 0 Å². The molecule has 2 aromatic carbocycles. The molecule has 0 bridgehead atoms. The molecule has 0 fully saturated rings. The van der Waals surface area contributed by atoms with Crippen LogP contribution in [-0.4, -0.2) is 26.1 Å². The van der Waals surface area contributed by atoms with E-state index >= 15 is 0 Å². The van der Waals surface area contributed by atoms with Crippen molar-refractivity contribution in [3.8, 4) is 11.5 Å². The van der Waals surface area contributed by atoms with Crippen LogP contribution in [0.2, 0.25) is 0 Å². The van der Waals surface area contributed by atoms with Gasteiger partial charge in [0.2, 0.25) is 5.90 Å². The van der Waals surface area contributed by atoms with Crippen LogP contribution in [0.5, 0.6) is 11.5 Å². The van der Waals surface area contributed by atoms with Crippen molar-refractivity contribution in [3.63, 3.8) is 0 Å². The van der Waals surface area contributed by atoms with Crippen LogP contribution in [0.4, 0.5) is 0 Å². The minimum absolute atomic E-state index is 0.240. The van der Waals surface area contributed by atoms with Crippen molar-refractivity contribution in [1.82, 2.24) is 0 Å². The SMILES string of the molecule is COc1ccc(C2=N/C(=C/c3ccc(Br)cc3)C(=O)O2)cc1OC. The summed E-state index contributed by atoms with van der Waals surface area (Å²) in [6.45, 7) is 0. The number of cyclic esters (lactones) is 1. The van der Waals surface area contributed by atoms with E-state index in [2.05, 4.69) is 20.9 Å². The number of nitrogens with zero attached hydrogens (tertiary/aromatic N) is 1. The highest BCUT2D eigenvalue weighted by Crippen LogP contribution is 2.29. The maximum atomic E-state index is 12.0. The number of ether oxygens (including phenoxy) is 3. The molecule has 0 saturated carbocycles. The molecule has 0 aromatic heterocycles. The summed E-state index contributed by atoms with van der Waals surface area (Å²) in [5, 5.41) is 0. The highest BCUT2D eigenvalue weighted by molar-refractivity contribution is 9.10. The number of aliphatic imine (C=N–C) groups is 1. The summed E-state index contributed by atoms with van der Waals surface area (Å²) < 4.78 is 16.7. The van der Waals surface area contributed by atoms with Gasteiger partial charge in [0.1, 0.15) is 0 Å². The fourth-order valence-electron chi connectivity index (χ4n) is 2.22. The van der Waals surface area contributed by atoms with Crippen LogP contribution in [0, 0.1) is 0 Å². The minimum Gasteiger partial charge on any atom is -0.493 e. The van der Waals surface area contributed by atoms with Gasteiger partial charge in [-0.2, -0.15) is 0 Å². The summed E-state index contributed by atoms with van der Waals surface area (Å²) in [6.07, 6.45) is 1.68. The monoisotopic (exact) mass is 387 g/mol.